The molecule has 1 aromatic heterocycles. The molecule has 1 amide bonds. The number of nitrogens with one attached hydrogen (secondary N) is 1. The van der Waals surface area contributed by atoms with Crippen molar-refractivity contribution in [3.05, 3.63) is 35.7 Å². The minimum absolute atomic E-state index is 0.207. The molecule has 1 unspecified atom stereocenters. The smallest absolute Gasteiger partial charge is 0.220 e. The average molecular weight is 379 g/mol. The number of allylic oxidation sites excluding steroid dienone is 2. The van der Waals surface area contributed by atoms with Crippen LogP contribution in [0.2, 0.25) is 0 Å². The number of piperidine rings is 1. The molecule has 3 heteroatoms. The molecule has 0 bridgehead atoms. The largest absolute Gasteiger partial charge is 0.356 e. The molecule has 1 N–H and O–H groups in total. The van der Waals surface area contributed by atoms with Gasteiger partial charge >= 0.3 is 0 Å². The molecule has 0 spiro atoms. The lowest BCUT2D eigenvalue weighted by Gasteiger charge is -2.59. The Morgan fingerprint density at radius 2 is 2.04 bits per heavy atom. The molecule has 3 fully saturated rings. The van der Waals surface area contributed by atoms with Crippen LogP contribution in [0.1, 0.15) is 70.4 Å². The number of nitrogens with zero attached hydrogens (tertiary/aromatic N) is 1. The average Bonchev–Trinajstić information content (AvgIpc) is 3.04. The summed E-state index contributed by atoms with van der Waals surface area (Å²) in [6.45, 7) is 8.07. The second-order valence-electron chi connectivity index (χ2n) is 10.4. The van der Waals surface area contributed by atoms with Gasteiger partial charge in [-0.15, -0.1) is 0 Å². The zero-order valence-electron chi connectivity index (χ0n) is 17.6. The number of rotatable bonds is 2. The number of aromatic nitrogens is 1. The summed E-state index contributed by atoms with van der Waals surface area (Å²) in [5.41, 5.74) is 4.71. The lowest BCUT2D eigenvalue weighted by atomic mass is 9.46. The summed E-state index contributed by atoms with van der Waals surface area (Å²) in [5, 5.41) is 3.14. The van der Waals surface area contributed by atoms with E-state index in [1.54, 1.807) is 5.57 Å². The van der Waals surface area contributed by atoms with Crippen LogP contribution in [0.4, 0.5) is 0 Å². The maximum absolute atomic E-state index is 12.3. The molecule has 2 saturated carbocycles. The van der Waals surface area contributed by atoms with Gasteiger partial charge < -0.3 is 5.32 Å². The van der Waals surface area contributed by atoms with E-state index >= 15 is 0 Å². The van der Waals surface area contributed by atoms with Gasteiger partial charge in [0.15, 0.2) is 0 Å². The van der Waals surface area contributed by atoms with Crippen LogP contribution in [-0.2, 0) is 11.2 Å². The first-order valence-electron chi connectivity index (χ1n) is 11.4. The maximum Gasteiger partial charge on any atom is 0.220 e. The van der Waals surface area contributed by atoms with Gasteiger partial charge in [-0.1, -0.05) is 26.8 Å². The molecular weight excluding hydrogens is 344 g/mol. The van der Waals surface area contributed by atoms with Crippen LogP contribution in [-0.4, -0.2) is 17.4 Å². The van der Waals surface area contributed by atoms with Crippen LogP contribution in [0.15, 0.2) is 24.5 Å². The Balaban J connectivity index is 1.45. The molecule has 4 aliphatic rings. The first-order valence-corrected chi connectivity index (χ1v) is 11.4. The van der Waals surface area contributed by atoms with E-state index in [-0.39, 0.29) is 16.7 Å². The third-order valence-corrected chi connectivity index (χ3v) is 9.25. The fourth-order valence-electron chi connectivity index (χ4n) is 7.63. The van der Waals surface area contributed by atoms with Crippen molar-refractivity contribution < 1.29 is 4.79 Å². The standard InChI is InChI=1S/C25H34N2O/c1-4-16-11-17(14-26-13-16)20-7-8-21-19-6-5-18-15-27-23(28)12-25(18,3)22(19)9-10-24(20,21)2/h7,11,13-14,18-19,21-22H,4-6,8-10,12,15H2,1-3H3,(H,27,28)/t18-,19?,21-,22-,24+,25-/m0/s1. The minimum atomic E-state index is 0.207. The molecule has 1 aliphatic heterocycles. The number of aryl methyl sites for hydroxylation is 1. The van der Waals surface area contributed by atoms with Crippen molar-refractivity contribution in [1.29, 1.82) is 0 Å². The SMILES string of the molecule is CCc1cncc(C2=CC[C@H]3C4CC[C@H]5CNC(=O)C[C@]5(C)[C@H]4CC[C@]23C)c1. The Kier molecular flexibility index (Phi) is 4.23. The number of fused-ring (bicyclic) bond motifs is 5. The summed E-state index contributed by atoms with van der Waals surface area (Å²) < 4.78 is 0. The van der Waals surface area contributed by atoms with E-state index in [0.717, 1.165) is 31.2 Å². The van der Waals surface area contributed by atoms with E-state index in [9.17, 15) is 4.79 Å². The summed E-state index contributed by atoms with van der Waals surface area (Å²) in [6.07, 6.45) is 14.8. The Labute approximate surface area is 169 Å². The summed E-state index contributed by atoms with van der Waals surface area (Å²) in [7, 11) is 0. The zero-order chi connectivity index (χ0) is 19.5. The highest BCUT2D eigenvalue weighted by Crippen LogP contribution is 2.66. The van der Waals surface area contributed by atoms with Crippen LogP contribution in [0.3, 0.4) is 0 Å². The van der Waals surface area contributed by atoms with Crippen LogP contribution >= 0.6 is 0 Å². The van der Waals surface area contributed by atoms with E-state index in [1.165, 1.54) is 43.2 Å². The molecule has 1 saturated heterocycles. The number of hydrogen-bond donors (Lipinski definition) is 1. The number of carbonyl (C=O) groups excluding carboxylic acids is 1. The minimum Gasteiger partial charge on any atom is -0.356 e. The summed E-state index contributed by atoms with van der Waals surface area (Å²) in [4.78, 5) is 16.8. The van der Waals surface area contributed by atoms with Crippen molar-refractivity contribution in [2.24, 2.45) is 34.5 Å². The predicted octanol–water partition coefficient (Wildman–Crippen LogP) is 5.02. The van der Waals surface area contributed by atoms with E-state index in [2.05, 4.69) is 49.4 Å². The number of carbonyl (C=O) groups is 1. The molecule has 0 aromatic carbocycles. The molecular formula is C25H34N2O. The van der Waals surface area contributed by atoms with Gasteiger partial charge in [-0.2, -0.15) is 0 Å². The van der Waals surface area contributed by atoms with Gasteiger partial charge in [0.2, 0.25) is 5.91 Å². The van der Waals surface area contributed by atoms with Gasteiger partial charge in [-0.25, -0.2) is 0 Å². The Morgan fingerprint density at radius 3 is 2.86 bits per heavy atom. The molecule has 3 aliphatic carbocycles. The highest BCUT2D eigenvalue weighted by molar-refractivity contribution is 5.78. The molecule has 150 valence electrons. The van der Waals surface area contributed by atoms with E-state index in [0.29, 0.717) is 11.8 Å². The lowest BCUT2D eigenvalue weighted by Crippen LogP contribution is -2.57. The Bertz CT molecular complexity index is 830. The number of pyridine rings is 1. The van der Waals surface area contributed by atoms with Gasteiger partial charge in [-0.05, 0) is 95.8 Å². The van der Waals surface area contributed by atoms with Crippen LogP contribution in [0.5, 0.6) is 0 Å². The van der Waals surface area contributed by atoms with Gasteiger partial charge in [0.1, 0.15) is 0 Å². The van der Waals surface area contributed by atoms with Crippen molar-refractivity contribution in [2.45, 2.75) is 65.7 Å². The molecule has 2 heterocycles. The Hall–Kier alpha value is -1.64. The van der Waals surface area contributed by atoms with Crippen molar-refractivity contribution >= 4 is 11.5 Å². The van der Waals surface area contributed by atoms with E-state index in [1.807, 2.05) is 6.20 Å². The fourth-order valence-corrected chi connectivity index (χ4v) is 7.63. The van der Waals surface area contributed by atoms with Crippen molar-refractivity contribution in [1.82, 2.24) is 10.3 Å². The first-order chi connectivity index (χ1) is 13.5. The summed E-state index contributed by atoms with van der Waals surface area (Å²) in [5.74, 6) is 3.16. The van der Waals surface area contributed by atoms with Gasteiger partial charge in [0.05, 0.1) is 0 Å². The quantitative estimate of drug-likeness (QED) is 0.785. The topological polar surface area (TPSA) is 42.0 Å². The molecule has 1 aromatic rings. The summed E-state index contributed by atoms with van der Waals surface area (Å²) in [6, 6.07) is 2.36. The van der Waals surface area contributed by atoms with Crippen LogP contribution < -0.4 is 5.32 Å². The fraction of sp³-hybridized carbons (Fsp3) is 0.680. The second-order valence-corrected chi connectivity index (χ2v) is 10.4. The van der Waals surface area contributed by atoms with E-state index < -0.39 is 0 Å². The first kappa shape index (κ1) is 18.4. The molecule has 5 rings (SSSR count). The molecule has 6 atom stereocenters. The van der Waals surface area contributed by atoms with Crippen molar-refractivity contribution in [3.8, 4) is 0 Å². The maximum atomic E-state index is 12.3. The molecule has 0 radical (unpaired) electrons. The number of amides is 1. The lowest BCUT2D eigenvalue weighted by molar-refractivity contribution is -0.139. The van der Waals surface area contributed by atoms with Crippen LogP contribution in [0, 0.1) is 34.5 Å². The summed E-state index contributed by atoms with van der Waals surface area (Å²) >= 11 is 0. The van der Waals surface area contributed by atoms with Crippen LogP contribution in [0.25, 0.3) is 5.57 Å². The third-order valence-electron chi connectivity index (χ3n) is 9.25. The molecule has 28 heavy (non-hydrogen) atoms. The van der Waals surface area contributed by atoms with Crippen molar-refractivity contribution in [2.75, 3.05) is 6.54 Å². The molecule has 3 nitrogen and oxygen atoms in total. The van der Waals surface area contributed by atoms with E-state index in [4.69, 9.17) is 0 Å². The predicted molar refractivity (Wildman–Crippen MR) is 112 cm³/mol. The van der Waals surface area contributed by atoms with Gasteiger partial charge in [0.25, 0.3) is 0 Å². The highest BCUT2D eigenvalue weighted by atomic mass is 16.1. The zero-order valence-corrected chi connectivity index (χ0v) is 17.6. The third kappa shape index (κ3) is 2.54. The Morgan fingerprint density at radius 1 is 1.18 bits per heavy atom. The van der Waals surface area contributed by atoms with Gasteiger partial charge in [0, 0.05) is 25.4 Å². The van der Waals surface area contributed by atoms with Gasteiger partial charge in [-0.3, -0.25) is 9.78 Å². The van der Waals surface area contributed by atoms with Crippen molar-refractivity contribution in [3.63, 3.8) is 0 Å². The normalized spacial score (nSPS) is 42.1. The highest BCUT2D eigenvalue weighted by Gasteiger charge is 2.59. The second kappa shape index (κ2) is 6.43. The number of hydrogen-bond acceptors (Lipinski definition) is 2. The monoisotopic (exact) mass is 378 g/mol.